The number of alkyl halides is 1. The van der Waals surface area contributed by atoms with Crippen molar-refractivity contribution in [2.45, 2.75) is 49.0 Å². The summed E-state index contributed by atoms with van der Waals surface area (Å²) in [4.78, 5) is 37.2. The first-order valence-electron chi connectivity index (χ1n) is 8.84. The first-order chi connectivity index (χ1) is 13.1. The summed E-state index contributed by atoms with van der Waals surface area (Å²) in [6.45, 7) is 3.28. The average molecular weight is 415 g/mol. The van der Waals surface area contributed by atoms with Crippen molar-refractivity contribution in [3.8, 4) is 0 Å². The molecule has 2 rings (SSSR count). The van der Waals surface area contributed by atoms with Gasteiger partial charge in [0.1, 0.15) is 29.3 Å². The number of nitrogens with one attached hydrogen (secondary N) is 1. The van der Waals surface area contributed by atoms with Crippen LogP contribution in [0.15, 0.2) is 15.8 Å². The van der Waals surface area contributed by atoms with E-state index in [1.165, 1.54) is 0 Å². The van der Waals surface area contributed by atoms with Crippen LogP contribution in [-0.2, 0) is 19.9 Å². The Morgan fingerprint density at radius 2 is 1.97 bits per heavy atom. The van der Waals surface area contributed by atoms with Gasteiger partial charge >= 0.3 is 11.7 Å². The van der Waals surface area contributed by atoms with Crippen LogP contribution in [0.3, 0.4) is 0 Å². The molecule has 158 valence electrons. The van der Waals surface area contributed by atoms with Gasteiger partial charge in [-0.1, -0.05) is 13.8 Å². The largest absolute Gasteiger partial charge is 0.471 e. The molecule has 29 heavy (non-hydrogen) atoms. The number of halogens is 2. The normalized spacial score (nSPS) is 31.0. The predicted molar refractivity (Wildman–Crippen MR) is 103 cm³/mol. The Kier molecular flexibility index (Phi) is 5.94. The second-order valence-electron chi connectivity index (χ2n) is 8.00. The van der Waals surface area contributed by atoms with Crippen LogP contribution in [0.4, 0.5) is 8.78 Å². The van der Waals surface area contributed by atoms with E-state index in [1.54, 1.807) is 18.8 Å². The van der Waals surface area contributed by atoms with Crippen LogP contribution in [-0.4, -0.2) is 78.8 Å². The fourth-order valence-corrected chi connectivity index (χ4v) is 3.03. The maximum atomic E-state index is 15.8. The lowest BCUT2D eigenvalue weighted by Gasteiger charge is -2.40. The summed E-state index contributed by atoms with van der Waals surface area (Å²) in [5, 5.41) is 18.6. The Morgan fingerprint density at radius 3 is 2.48 bits per heavy atom. The molecule has 0 saturated carbocycles. The van der Waals surface area contributed by atoms with E-state index in [1.807, 2.05) is 0 Å². The topological polar surface area (TPSA) is 157 Å². The summed E-state index contributed by atoms with van der Waals surface area (Å²) in [5.74, 6) is -5.93. The predicted octanol–water partition coefficient (Wildman–Crippen LogP) is -5.22. The van der Waals surface area contributed by atoms with E-state index in [-0.39, 0.29) is 5.92 Å². The lowest BCUT2D eigenvalue weighted by molar-refractivity contribution is -0.250. The van der Waals surface area contributed by atoms with E-state index >= 15 is 4.39 Å². The highest BCUT2D eigenvalue weighted by Gasteiger charge is 2.69. The number of hydrogen-bond acceptors (Lipinski definition) is 8. The standard InChI is InChI=1S/C14H22B3F2N3O7/c1-4(2)6(20)10(26)28-14(16,17)12(19)7(23)8(24)13(15,29-12)22-3-5(18)9(25)21-11(22)27/h3-4,6-8,23-24H,15-17,20H2,1-2H3,(H,21,25,27)/t6-,7-,8+,12-,13-/m0/s1. The van der Waals surface area contributed by atoms with Gasteiger partial charge < -0.3 is 25.4 Å². The van der Waals surface area contributed by atoms with Crippen molar-refractivity contribution in [1.29, 1.82) is 0 Å². The summed E-state index contributed by atoms with van der Waals surface area (Å²) in [6, 6.07) is -1.09. The SMILES string of the molecule is BC(B)(OC(=O)[C@@H](N)C(C)C)[C@@]1(F)O[C@@](B)(n2cc(F)c(=O)[nH]c2=O)[C@H](O)[C@@H]1O. The molecule has 0 aliphatic carbocycles. The van der Waals surface area contributed by atoms with Crippen LogP contribution >= 0.6 is 0 Å². The number of H-pyrrole nitrogens is 1. The Labute approximate surface area is 166 Å². The zero-order valence-corrected chi connectivity index (χ0v) is 16.6. The third-order valence-electron chi connectivity index (χ3n) is 5.13. The monoisotopic (exact) mass is 415 g/mol. The summed E-state index contributed by atoms with van der Waals surface area (Å²) in [6.07, 6.45) is -4.00. The highest BCUT2D eigenvalue weighted by Crippen LogP contribution is 2.45. The number of carbonyl (C=O) groups is 1. The molecule has 2 heterocycles. The average Bonchev–Trinajstić information content (AvgIpc) is 2.79. The number of nitrogens with two attached hydrogens (primary N) is 1. The molecule has 0 aromatic carbocycles. The Hall–Kier alpha value is -1.96. The van der Waals surface area contributed by atoms with Crippen molar-refractivity contribution in [3.05, 3.63) is 32.9 Å². The van der Waals surface area contributed by atoms with Crippen molar-refractivity contribution in [2.75, 3.05) is 0 Å². The van der Waals surface area contributed by atoms with Gasteiger partial charge in [0, 0.05) is 0 Å². The number of aromatic amines is 1. The van der Waals surface area contributed by atoms with Gasteiger partial charge in [0.05, 0.1) is 6.20 Å². The first-order valence-corrected chi connectivity index (χ1v) is 8.84. The van der Waals surface area contributed by atoms with Gasteiger partial charge in [0.15, 0.2) is 23.5 Å². The zero-order chi connectivity index (χ0) is 22.5. The Morgan fingerprint density at radius 1 is 1.41 bits per heavy atom. The quantitative estimate of drug-likeness (QED) is 0.275. The van der Waals surface area contributed by atoms with Gasteiger partial charge in [-0.05, 0) is 5.92 Å². The third-order valence-corrected chi connectivity index (χ3v) is 5.13. The Bertz CT molecular complexity index is 926. The lowest BCUT2D eigenvalue weighted by Crippen LogP contribution is -2.62. The first kappa shape index (κ1) is 23.3. The van der Waals surface area contributed by atoms with E-state index in [2.05, 4.69) is 0 Å². The number of hydrogen-bond donors (Lipinski definition) is 4. The van der Waals surface area contributed by atoms with E-state index in [0.29, 0.717) is 10.8 Å². The molecule has 1 aliphatic rings. The number of nitrogens with zero attached hydrogens (tertiary/aromatic N) is 1. The molecule has 0 spiro atoms. The van der Waals surface area contributed by atoms with Crippen molar-refractivity contribution < 1.29 is 33.3 Å². The fourth-order valence-electron chi connectivity index (χ4n) is 3.03. The van der Waals surface area contributed by atoms with Crippen LogP contribution in [0.1, 0.15) is 13.8 Å². The number of rotatable bonds is 5. The molecule has 1 saturated heterocycles. The van der Waals surface area contributed by atoms with Crippen molar-refractivity contribution in [3.63, 3.8) is 0 Å². The van der Waals surface area contributed by atoms with E-state index in [0.717, 1.165) is 23.5 Å². The van der Waals surface area contributed by atoms with Gasteiger partial charge in [-0.25, -0.2) is 9.18 Å². The molecule has 5 N–H and O–H groups in total. The van der Waals surface area contributed by atoms with Gasteiger partial charge in [-0.3, -0.25) is 19.1 Å². The molecule has 1 aromatic rings. The molecule has 0 bridgehead atoms. The number of aliphatic hydroxyl groups is 2. The number of aromatic nitrogens is 2. The van der Waals surface area contributed by atoms with Crippen LogP contribution in [0, 0.1) is 11.7 Å². The minimum atomic E-state index is -3.22. The van der Waals surface area contributed by atoms with Crippen LogP contribution in [0.25, 0.3) is 0 Å². The van der Waals surface area contributed by atoms with E-state index < -0.39 is 58.2 Å². The van der Waals surface area contributed by atoms with E-state index in [9.17, 15) is 29.0 Å². The highest BCUT2D eigenvalue weighted by molar-refractivity contribution is 6.40. The van der Waals surface area contributed by atoms with E-state index in [4.69, 9.17) is 15.2 Å². The molecule has 10 nitrogen and oxygen atoms in total. The minimum Gasteiger partial charge on any atom is -0.471 e. The van der Waals surface area contributed by atoms with Crippen molar-refractivity contribution >= 4 is 29.5 Å². The highest BCUT2D eigenvalue weighted by atomic mass is 19.2. The zero-order valence-electron chi connectivity index (χ0n) is 16.6. The molecule has 0 unspecified atom stereocenters. The van der Waals surface area contributed by atoms with Gasteiger partial charge in [0.2, 0.25) is 5.82 Å². The van der Waals surface area contributed by atoms with Gasteiger partial charge in [-0.2, -0.15) is 4.39 Å². The molecule has 15 heteroatoms. The number of aliphatic hydroxyl groups excluding tert-OH is 2. The molecule has 1 aromatic heterocycles. The molecule has 5 atom stereocenters. The molecule has 1 aliphatic heterocycles. The van der Waals surface area contributed by atoms with Crippen LogP contribution in [0.2, 0.25) is 0 Å². The van der Waals surface area contributed by atoms with Crippen molar-refractivity contribution in [1.82, 2.24) is 9.55 Å². The maximum Gasteiger partial charge on any atom is 0.330 e. The second kappa shape index (κ2) is 7.38. The fraction of sp³-hybridized carbons (Fsp3) is 0.643. The lowest BCUT2D eigenvalue weighted by atomic mass is 9.59. The summed E-state index contributed by atoms with van der Waals surface area (Å²) >= 11 is 0. The molecule has 1 fully saturated rings. The minimum absolute atomic E-state index is 0.332. The summed E-state index contributed by atoms with van der Waals surface area (Å²) in [7, 11) is 3.16. The second-order valence-corrected chi connectivity index (χ2v) is 8.00. The third kappa shape index (κ3) is 3.67. The van der Waals surface area contributed by atoms with Crippen molar-refractivity contribution in [2.24, 2.45) is 11.7 Å². The Balaban J connectivity index is 2.48. The van der Waals surface area contributed by atoms with Crippen LogP contribution < -0.4 is 17.0 Å². The molecule has 0 amide bonds. The maximum absolute atomic E-state index is 15.8. The van der Waals surface area contributed by atoms with Crippen LogP contribution in [0.5, 0.6) is 0 Å². The number of esters is 1. The summed E-state index contributed by atoms with van der Waals surface area (Å²) < 4.78 is 40.2. The molecule has 0 radical (unpaired) electrons. The molecular weight excluding hydrogens is 393 g/mol. The summed E-state index contributed by atoms with van der Waals surface area (Å²) in [5.41, 5.74) is 0.804. The number of ether oxygens (including phenoxy) is 2. The molecular formula is C14H22B3F2N3O7. The van der Waals surface area contributed by atoms with Gasteiger partial charge in [0.25, 0.3) is 11.4 Å². The smallest absolute Gasteiger partial charge is 0.330 e. The number of carbonyl (C=O) groups excluding carboxylic acids is 1. The van der Waals surface area contributed by atoms with Gasteiger partial charge in [-0.15, -0.1) is 0 Å².